The van der Waals surface area contributed by atoms with Gasteiger partial charge in [-0.05, 0) is 28.0 Å². The van der Waals surface area contributed by atoms with E-state index in [1.165, 1.54) is 0 Å². The Morgan fingerprint density at radius 2 is 0.316 bits per heavy atom. The SMILES string of the molecule is C1=CC=CCC=C1.Fc1c(F)c(F)c2c([B-](c3c(F)c(F)c(F)c4c(F)c(F)c(F)c(F)c34)(c3c(F)c(F)c(F)c4c(F)c(F)c(F)c(F)c34)c3c(F)c(F)c(F)c4c(F)c(F)c(F)c(F)c34)c(F)c(F)c(F)c2c1F. The molecule has 1 aliphatic rings. The van der Waals surface area contributed by atoms with E-state index in [1.54, 1.807) is 0 Å². The lowest BCUT2D eigenvalue weighted by Gasteiger charge is -2.47. The van der Waals surface area contributed by atoms with Crippen LogP contribution in [0.5, 0.6) is 0 Å². The predicted octanol–water partition coefficient (Wildman–Crippen LogP) is 13.6. The number of benzene rings is 8. The highest BCUT2D eigenvalue weighted by Gasteiger charge is 2.52. The predicted molar refractivity (Wildman–Crippen MR) is 211 cm³/mol. The Balaban J connectivity index is 0.00000101. The highest BCUT2D eigenvalue weighted by Crippen LogP contribution is 2.42. The van der Waals surface area contributed by atoms with Crippen LogP contribution in [0.3, 0.4) is 0 Å². The second kappa shape index (κ2) is 18.7. The van der Waals surface area contributed by atoms with E-state index in [2.05, 4.69) is 24.3 Å². The lowest BCUT2D eigenvalue weighted by atomic mass is 9.11. The monoisotopic (exact) mass is 1120 g/mol. The second-order valence-corrected chi connectivity index (χ2v) is 15.8. The fourth-order valence-electron chi connectivity index (χ4n) is 9.11. The molecular weight excluding hydrogens is 1110 g/mol. The molecule has 9 rings (SSSR count). The minimum absolute atomic E-state index is 1.08. The van der Waals surface area contributed by atoms with Gasteiger partial charge in [0.25, 0.3) is 0 Å². The quantitative estimate of drug-likeness (QED) is 0.0713. The summed E-state index contributed by atoms with van der Waals surface area (Å²) in [6.07, 6.45) is 5.45. The molecule has 0 nitrogen and oxygen atoms in total. The van der Waals surface area contributed by atoms with Crippen molar-refractivity contribution < 1.29 is 123 Å². The summed E-state index contributed by atoms with van der Waals surface area (Å²) in [6.45, 7) is 0. The van der Waals surface area contributed by atoms with Gasteiger partial charge < -0.3 is 0 Å². The van der Waals surface area contributed by atoms with E-state index in [9.17, 15) is 17.6 Å². The highest BCUT2D eigenvalue weighted by atomic mass is 19.2. The van der Waals surface area contributed by atoms with Gasteiger partial charge in [0.1, 0.15) is 29.4 Å². The van der Waals surface area contributed by atoms with Crippen LogP contribution in [0.1, 0.15) is 6.42 Å². The molecule has 8 aromatic rings. The van der Waals surface area contributed by atoms with E-state index in [0.717, 1.165) is 6.42 Å². The van der Waals surface area contributed by atoms with Crippen LogP contribution < -0.4 is 21.9 Å². The number of fused-ring (bicyclic) bond motifs is 4. The van der Waals surface area contributed by atoms with Crippen molar-refractivity contribution in [3.8, 4) is 0 Å². The molecule has 8 aromatic carbocycles. The maximum absolute atomic E-state index is 17.3. The van der Waals surface area contributed by atoms with Crippen LogP contribution in [0.15, 0.2) is 36.5 Å². The minimum Gasteiger partial charge on any atom is -0.207 e. The van der Waals surface area contributed by atoms with Crippen molar-refractivity contribution >= 4 is 71.1 Å². The Labute approximate surface area is 399 Å². The Morgan fingerprint density at radius 3 is 0.487 bits per heavy atom. The third-order valence-electron chi connectivity index (χ3n) is 12.1. The summed E-state index contributed by atoms with van der Waals surface area (Å²) in [5, 5.41) is -27.0. The topological polar surface area (TPSA) is 0 Å². The number of halogens is 28. The summed E-state index contributed by atoms with van der Waals surface area (Å²) in [5.74, 6) is -104. The van der Waals surface area contributed by atoms with E-state index >= 15 is 105 Å². The van der Waals surface area contributed by atoms with Crippen molar-refractivity contribution in [3.05, 3.63) is 199 Å². The first-order valence-electron chi connectivity index (χ1n) is 19.9. The van der Waals surface area contributed by atoms with Gasteiger partial charge >= 0.3 is 0 Å². The number of allylic oxidation sites excluding steroid dienone is 6. The van der Waals surface area contributed by atoms with Crippen LogP contribution in [0, 0.1) is 163 Å². The summed E-state index contributed by atoms with van der Waals surface area (Å²) in [6, 6.07) is 0. The highest BCUT2D eigenvalue weighted by molar-refractivity contribution is 7.23. The molecule has 0 spiro atoms. The Bertz CT molecular complexity index is 3530. The molecular formula is C47H8BF28-. The minimum atomic E-state index is -8.05. The van der Waals surface area contributed by atoms with Crippen LogP contribution in [-0.2, 0) is 0 Å². The zero-order chi connectivity index (χ0) is 56.5. The average Bonchev–Trinajstić information content (AvgIpc) is 3.75. The lowest BCUT2D eigenvalue weighted by Crippen LogP contribution is -2.79. The van der Waals surface area contributed by atoms with Crippen molar-refractivity contribution in [2.75, 3.05) is 0 Å². The number of hydrogen-bond donors (Lipinski definition) is 0. The molecule has 0 unspecified atom stereocenters. The maximum atomic E-state index is 17.3. The molecule has 0 N–H and O–H groups in total. The molecule has 1 aliphatic carbocycles. The van der Waals surface area contributed by atoms with Crippen LogP contribution in [0.2, 0.25) is 0 Å². The van der Waals surface area contributed by atoms with Crippen molar-refractivity contribution in [3.63, 3.8) is 0 Å². The first-order chi connectivity index (χ1) is 35.5. The number of rotatable bonds is 4. The summed E-state index contributed by atoms with van der Waals surface area (Å²) in [4.78, 5) is 0. The van der Waals surface area contributed by atoms with Gasteiger partial charge in [0, 0.05) is 0 Å². The average molecular weight is 1120 g/mol. The molecule has 0 aliphatic heterocycles. The maximum Gasteiger partial charge on any atom is 0.198 e. The number of hydrogen-bond acceptors (Lipinski definition) is 0. The van der Waals surface area contributed by atoms with E-state index in [1.807, 2.05) is 12.2 Å². The first kappa shape index (κ1) is 54.4. The summed E-state index contributed by atoms with van der Waals surface area (Å²) < 4.78 is 446. The molecule has 0 aromatic heterocycles. The lowest BCUT2D eigenvalue weighted by molar-refractivity contribution is 0.410. The largest absolute Gasteiger partial charge is 0.207 e. The zero-order valence-corrected chi connectivity index (χ0v) is 35.3. The van der Waals surface area contributed by atoms with E-state index in [4.69, 9.17) is 0 Å². The van der Waals surface area contributed by atoms with Gasteiger partial charge in [-0.25, -0.2) is 123 Å². The van der Waals surface area contributed by atoms with Crippen molar-refractivity contribution in [2.24, 2.45) is 0 Å². The standard InChI is InChI=1S/C40BF28.C7H8/c42-13-1-5(21(50)37(66)33(13)62)17(46)29(58)25(54)9(1)41(10-2-6(18(47)30(59)26(10)55)22(51)38(67)34(63)14(2)43,11-3-7(19(48)31(60)27(11)56)23(52)39(68)35(64)15(3)44)12-4-8(20(49)32(61)28(12)57)24(53)40(69)36(65)16(4)45;1-2-4-6-7-5-3-1/h;1-6H,7H2/q-1;. The normalized spacial score (nSPS) is 12.8. The second-order valence-electron chi connectivity index (χ2n) is 15.8. The molecule has 0 atom stereocenters. The van der Waals surface area contributed by atoms with Gasteiger partial charge in [-0.15, -0.1) is 21.9 Å². The van der Waals surface area contributed by atoms with Crippen LogP contribution in [0.4, 0.5) is 123 Å². The van der Waals surface area contributed by atoms with E-state index in [-0.39, 0.29) is 0 Å². The molecule has 0 amide bonds. The Hall–Kier alpha value is -7.88. The summed E-state index contributed by atoms with van der Waals surface area (Å²) in [5.41, 5.74) is -15.5. The molecule has 0 radical (unpaired) electrons. The smallest absolute Gasteiger partial charge is 0.198 e. The molecule has 29 heteroatoms. The Morgan fingerprint density at radius 1 is 0.171 bits per heavy atom. The third kappa shape index (κ3) is 7.07. The Kier molecular flexibility index (Phi) is 13.4. The van der Waals surface area contributed by atoms with Crippen LogP contribution in [0.25, 0.3) is 43.1 Å². The van der Waals surface area contributed by atoms with Crippen LogP contribution >= 0.6 is 0 Å². The van der Waals surface area contributed by atoms with Crippen molar-refractivity contribution in [1.82, 2.24) is 0 Å². The van der Waals surface area contributed by atoms with Gasteiger partial charge in [-0.3, -0.25) is 0 Å². The van der Waals surface area contributed by atoms with E-state index in [0.29, 0.717) is 0 Å². The molecule has 0 saturated heterocycles. The molecule has 396 valence electrons. The fourth-order valence-corrected chi connectivity index (χ4v) is 9.11. The molecule has 76 heavy (non-hydrogen) atoms. The summed E-state index contributed by atoms with van der Waals surface area (Å²) in [7, 11) is 0. The van der Waals surface area contributed by atoms with Gasteiger partial charge in [0.15, 0.2) is 140 Å². The zero-order valence-electron chi connectivity index (χ0n) is 35.3. The van der Waals surface area contributed by atoms with Gasteiger partial charge in [-0.1, -0.05) is 36.5 Å². The molecule has 0 saturated carbocycles. The van der Waals surface area contributed by atoms with E-state index < -0.39 is 234 Å². The third-order valence-corrected chi connectivity index (χ3v) is 12.1. The van der Waals surface area contributed by atoms with Gasteiger partial charge in [-0.2, -0.15) is 0 Å². The fraction of sp³-hybridized carbons (Fsp3) is 0.0213. The van der Waals surface area contributed by atoms with Crippen molar-refractivity contribution in [2.45, 2.75) is 6.42 Å². The van der Waals surface area contributed by atoms with Crippen molar-refractivity contribution in [1.29, 1.82) is 0 Å². The molecule has 0 fully saturated rings. The van der Waals surface area contributed by atoms with Gasteiger partial charge in [0.05, 0.1) is 21.5 Å². The molecule has 0 heterocycles. The van der Waals surface area contributed by atoms with Gasteiger partial charge in [0.2, 0.25) is 0 Å². The van der Waals surface area contributed by atoms with Crippen LogP contribution in [-0.4, -0.2) is 6.15 Å². The first-order valence-corrected chi connectivity index (χ1v) is 19.9. The molecule has 0 bridgehead atoms. The summed E-state index contributed by atoms with van der Waals surface area (Å²) >= 11 is 0.